The molecule has 1 N–H and O–H groups in total. The Bertz CT molecular complexity index is 621. The number of nitriles is 1. The molecule has 2 rings (SSSR count). The van der Waals surface area contributed by atoms with Crippen LogP contribution in [0, 0.1) is 17.2 Å². The minimum Gasteiger partial charge on any atom is -0.494 e. The van der Waals surface area contributed by atoms with E-state index in [-0.39, 0.29) is 17.9 Å². The van der Waals surface area contributed by atoms with Gasteiger partial charge in [-0.1, -0.05) is 26.0 Å². The van der Waals surface area contributed by atoms with Crippen LogP contribution in [-0.4, -0.2) is 36.0 Å². The van der Waals surface area contributed by atoms with E-state index in [4.69, 9.17) is 4.74 Å². The second kappa shape index (κ2) is 8.35. The third-order valence-corrected chi connectivity index (χ3v) is 5.07. The number of hydrogen-bond acceptors (Lipinski definition) is 4. The van der Waals surface area contributed by atoms with Crippen molar-refractivity contribution in [3.63, 3.8) is 0 Å². The van der Waals surface area contributed by atoms with Crippen molar-refractivity contribution in [1.82, 2.24) is 10.2 Å². The highest BCUT2D eigenvalue weighted by Gasteiger charge is 2.32. The van der Waals surface area contributed by atoms with E-state index < -0.39 is 5.54 Å². The molecule has 136 valence electrons. The van der Waals surface area contributed by atoms with Gasteiger partial charge >= 0.3 is 0 Å². The number of hydrogen-bond donors (Lipinski definition) is 1. The smallest absolute Gasteiger partial charge is 0.235 e. The van der Waals surface area contributed by atoms with Crippen molar-refractivity contribution in [3.05, 3.63) is 29.8 Å². The summed E-state index contributed by atoms with van der Waals surface area (Å²) in [6, 6.07) is 10.6. The van der Waals surface area contributed by atoms with Gasteiger partial charge in [-0.05, 0) is 56.8 Å². The molecule has 2 atom stereocenters. The first-order valence-corrected chi connectivity index (χ1v) is 9.08. The predicted molar refractivity (Wildman–Crippen MR) is 98.2 cm³/mol. The first-order chi connectivity index (χ1) is 11.9. The summed E-state index contributed by atoms with van der Waals surface area (Å²) >= 11 is 0. The topological polar surface area (TPSA) is 65.4 Å². The first-order valence-electron chi connectivity index (χ1n) is 9.08. The number of nitrogens with zero attached hydrogens (tertiary/aromatic N) is 2. The van der Waals surface area contributed by atoms with Crippen LogP contribution in [0.4, 0.5) is 0 Å². The van der Waals surface area contributed by atoms with Crippen LogP contribution < -0.4 is 10.1 Å². The third-order valence-electron chi connectivity index (χ3n) is 5.07. The molecule has 5 heteroatoms. The van der Waals surface area contributed by atoms with E-state index in [1.807, 2.05) is 32.9 Å². The fourth-order valence-corrected chi connectivity index (χ4v) is 3.16. The van der Waals surface area contributed by atoms with Crippen LogP contribution in [0.1, 0.15) is 52.1 Å². The van der Waals surface area contributed by atoms with E-state index in [9.17, 15) is 10.1 Å². The molecule has 1 aromatic carbocycles. The summed E-state index contributed by atoms with van der Waals surface area (Å²) in [5.41, 5.74) is 0.381. The summed E-state index contributed by atoms with van der Waals surface area (Å²) in [6.45, 7) is 9.52. The van der Waals surface area contributed by atoms with Crippen molar-refractivity contribution in [3.8, 4) is 11.8 Å². The zero-order valence-corrected chi connectivity index (χ0v) is 15.7. The Morgan fingerprint density at radius 1 is 1.44 bits per heavy atom. The normalized spacial score (nSPS) is 20.1. The van der Waals surface area contributed by atoms with Crippen molar-refractivity contribution >= 4 is 5.91 Å². The molecule has 5 nitrogen and oxygen atoms in total. The van der Waals surface area contributed by atoms with E-state index >= 15 is 0 Å². The van der Waals surface area contributed by atoms with Gasteiger partial charge in [0.05, 0.1) is 19.2 Å². The average Bonchev–Trinajstić information content (AvgIpc) is 3.03. The molecule has 0 aliphatic carbocycles. The highest BCUT2D eigenvalue weighted by atomic mass is 16.5. The summed E-state index contributed by atoms with van der Waals surface area (Å²) in [5.74, 6) is 0.841. The molecular formula is C20H29N3O2. The van der Waals surface area contributed by atoms with Crippen LogP contribution in [0.2, 0.25) is 0 Å². The molecule has 1 heterocycles. The van der Waals surface area contributed by atoms with E-state index in [1.54, 1.807) is 6.92 Å². The maximum Gasteiger partial charge on any atom is 0.235 e. The van der Waals surface area contributed by atoms with Gasteiger partial charge in [0, 0.05) is 6.04 Å². The second-order valence-electron chi connectivity index (χ2n) is 7.15. The Morgan fingerprint density at radius 2 is 2.12 bits per heavy atom. The number of carbonyl (C=O) groups excluding carboxylic acids is 1. The quantitative estimate of drug-likeness (QED) is 0.825. The molecule has 0 bridgehead atoms. The van der Waals surface area contributed by atoms with Crippen LogP contribution >= 0.6 is 0 Å². The zero-order chi connectivity index (χ0) is 18.4. The van der Waals surface area contributed by atoms with Gasteiger partial charge in [0.15, 0.2) is 0 Å². The average molecular weight is 343 g/mol. The van der Waals surface area contributed by atoms with Crippen LogP contribution in [-0.2, 0) is 4.79 Å². The lowest BCUT2D eigenvalue weighted by atomic mass is 9.90. The van der Waals surface area contributed by atoms with Gasteiger partial charge < -0.3 is 10.1 Å². The predicted octanol–water partition coefficient (Wildman–Crippen LogP) is 3.28. The molecular weight excluding hydrogens is 314 g/mol. The molecule has 1 fully saturated rings. The van der Waals surface area contributed by atoms with E-state index in [0.29, 0.717) is 13.2 Å². The van der Waals surface area contributed by atoms with Crippen molar-refractivity contribution < 1.29 is 9.53 Å². The number of benzene rings is 1. The maximum absolute atomic E-state index is 12.5. The third kappa shape index (κ3) is 4.73. The number of rotatable bonds is 7. The lowest BCUT2D eigenvalue weighted by Crippen LogP contribution is -2.51. The standard InChI is InChI=1S/C20H29N3O2/c1-5-25-17-10-8-16(9-11-17)18-7-6-12-23(18)13-19(24)22-20(4,14-21)15(2)3/h8-11,15,18H,5-7,12-13H2,1-4H3,(H,22,24). The SMILES string of the molecule is CCOc1ccc(C2CCCN2CC(=O)NC(C)(C#N)C(C)C)cc1. The number of ether oxygens (including phenoxy) is 1. The van der Waals surface area contributed by atoms with Crippen LogP contribution in [0.5, 0.6) is 5.75 Å². The molecule has 0 saturated carbocycles. The second-order valence-corrected chi connectivity index (χ2v) is 7.15. The lowest BCUT2D eigenvalue weighted by molar-refractivity contribution is -0.124. The minimum absolute atomic E-state index is 0.0573. The Hall–Kier alpha value is -2.06. The molecule has 0 aromatic heterocycles. The molecule has 1 aliphatic rings. The highest BCUT2D eigenvalue weighted by molar-refractivity contribution is 5.79. The van der Waals surface area contributed by atoms with Gasteiger partial charge in [-0.15, -0.1) is 0 Å². The number of amides is 1. The van der Waals surface area contributed by atoms with E-state index in [1.165, 1.54) is 5.56 Å². The summed E-state index contributed by atoms with van der Waals surface area (Å²) in [7, 11) is 0. The zero-order valence-electron chi connectivity index (χ0n) is 15.7. The Morgan fingerprint density at radius 3 is 2.68 bits per heavy atom. The summed E-state index contributed by atoms with van der Waals surface area (Å²) in [4.78, 5) is 14.7. The molecule has 1 aromatic rings. The van der Waals surface area contributed by atoms with Crippen molar-refractivity contribution in [1.29, 1.82) is 5.26 Å². The largest absolute Gasteiger partial charge is 0.494 e. The number of likely N-dealkylation sites (tertiary alicyclic amines) is 1. The Labute approximate surface area is 151 Å². The fraction of sp³-hybridized carbons (Fsp3) is 0.600. The van der Waals surface area contributed by atoms with E-state index in [2.05, 4.69) is 28.4 Å². The fourth-order valence-electron chi connectivity index (χ4n) is 3.16. The van der Waals surface area contributed by atoms with Crippen LogP contribution in [0.3, 0.4) is 0 Å². The number of carbonyl (C=O) groups is 1. The summed E-state index contributed by atoms with van der Waals surface area (Å²) < 4.78 is 5.50. The lowest BCUT2D eigenvalue weighted by Gasteiger charge is -2.30. The summed E-state index contributed by atoms with van der Waals surface area (Å²) in [5, 5.41) is 12.3. The van der Waals surface area contributed by atoms with E-state index in [0.717, 1.165) is 25.1 Å². The van der Waals surface area contributed by atoms with Gasteiger partial charge in [0.2, 0.25) is 5.91 Å². The molecule has 1 amide bonds. The van der Waals surface area contributed by atoms with Crippen LogP contribution in [0.25, 0.3) is 0 Å². The Balaban J connectivity index is 2.01. The maximum atomic E-state index is 12.5. The van der Waals surface area contributed by atoms with Crippen molar-refractivity contribution in [2.24, 2.45) is 5.92 Å². The van der Waals surface area contributed by atoms with Gasteiger partial charge in [-0.3, -0.25) is 9.69 Å². The monoisotopic (exact) mass is 343 g/mol. The first kappa shape index (κ1) is 19.3. The highest BCUT2D eigenvalue weighted by Crippen LogP contribution is 2.32. The summed E-state index contributed by atoms with van der Waals surface area (Å²) in [6.07, 6.45) is 2.12. The molecule has 0 radical (unpaired) electrons. The van der Waals surface area contributed by atoms with Gasteiger partial charge in [-0.25, -0.2) is 0 Å². The number of nitrogens with one attached hydrogen (secondary N) is 1. The Kier molecular flexibility index (Phi) is 6.44. The van der Waals surface area contributed by atoms with Crippen molar-refractivity contribution in [2.45, 2.75) is 52.1 Å². The molecule has 1 saturated heterocycles. The van der Waals surface area contributed by atoms with Crippen LogP contribution in [0.15, 0.2) is 24.3 Å². The molecule has 25 heavy (non-hydrogen) atoms. The molecule has 2 unspecified atom stereocenters. The van der Waals surface area contributed by atoms with Gasteiger partial charge in [0.1, 0.15) is 11.3 Å². The minimum atomic E-state index is -0.828. The van der Waals surface area contributed by atoms with Crippen molar-refractivity contribution in [2.75, 3.05) is 19.7 Å². The van der Waals surface area contributed by atoms with Gasteiger partial charge in [0.25, 0.3) is 0 Å². The molecule has 0 spiro atoms. The molecule has 1 aliphatic heterocycles. The van der Waals surface area contributed by atoms with Gasteiger partial charge in [-0.2, -0.15) is 5.26 Å².